The van der Waals surface area contributed by atoms with Gasteiger partial charge >= 0.3 is 0 Å². The summed E-state index contributed by atoms with van der Waals surface area (Å²) in [5.74, 6) is 1.08. The molecule has 1 aromatic heterocycles. The van der Waals surface area contributed by atoms with E-state index in [4.69, 9.17) is 0 Å². The Morgan fingerprint density at radius 3 is 2.56 bits per heavy atom. The van der Waals surface area contributed by atoms with Crippen LogP contribution in [-0.2, 0) is 6.42 Å². The molecule has 0 amide bonds. The van der Waals surface area contributed by atoms with Gasteiger partial charge in [-0.2, -0.15) is 0 Å². The molecule has 0 aliphatic rings. The summed E-state index contributed by atoms with van der Waals surface area (Å²) in [5, 5.41) is 6.00. The van der Waals surface area contributed by atoms with E-state index in [1.54, 1.807) is 25.2 Å². The first kappa shape index (κ1) is 12.3. The van der Waals surface area contributed by atoms with Gasteiger partial charge in [0, 0.05) is 12.6 Å². The van der Waals surface area contributed by atoms with Crippen LogP contribution in [0.2, 0.25) is 0 Å². The Hall–Kier alpha value is -2.17. The lowest BCUT2D eigenvalue weighted by atomic mass is 10.2. The fraction of sp³-hybridized carbons (Fsp3) is 0.231. The third-order valence-electron chi connectivity index (χ3n) is 2.66. The summed E-state index contributed by atoms with van der Waals surface area (Å²) in [7, 11) is 1.80. The van der Waals surface area contributed by atoms with Crippen LogP contribution in [0.5, 0.6) is 0 Å². The van der Waals surface area contributed by atoms with Crippen LogP contribution >= 0.6 is 0 Å². The molecule has 0 unspecified atom stereocenters. The van der Waals surface area contributed by atoms with Crippen molar-refractivity contribution < 1.29 is 4.39 Å². The highest BCUT2D eigenvalue weighted by molar-refractivity contribution is 5.64. The van der Waals surface area contributed by atoms with E-state index in [0.717, 1.165) is 17.8 Å². The minimum absolute atomic E-state index is 0.302. The van der Waals surface area contributed by atoms with Crippen molar-refractivity contribution >= 4 is 17.3 Å². The van der Waals surface area contributed by atoms with Gasteiger partial charge in [-0.25, -0.2) is 14.4 Å². The van der Waals surface area contributed by atoms with Gasteiger partial charge in [0.25, 0.3) is 0 Å². The molecule has 2 rings (SSSR count). The van der Waals surface area contributed by atoms with Crippen LogP contribution in [0, 0.1) is 5.82 Å². The van der Waals surface area contributed by atoms with Crippen LogP contribution in [0.15, 0.2) is 30.6 Å². The lowest BCUT2D eigenvalue weighted by Crippen LogP contribution is -2.05. The van der Waals surface area contributed by atoms with Crippen molar-refractivity contribution in [3.05, 3.63) is 42.0 Å². The van der Waals surface area contributed by atoms with Crippen LogP contribution in [0.4, 0.5) is 21.7 Å². The largest absolute Gasteiger partial charge is 0.373 e. The smallest absolute Gasteiger partial charge is 0.146 e. The number of halogens is 1. The average molecular weight is 246 g/mol. The van der Waals surface area contributed by atoms with Crippen molar-refractivity contribution in [2.75, 3.05) is 17.7 Å². The molecular formula is C13H15FN4. The molecule has 0 bridgehead atoms. The summed E-state index contributed by atoms with van der Waals surface area (Å²) < 4.78 is 13.6. The van der Waals surface area contributed by atoms with Crippen LogP contribution < -0.4 is 10.6 Å². The van der Waals surface area contributed by atoms with Gasteiger partial charge in [-0.05, 0) is 18.6 Å². The third-order valence-corrected chi connectivity index (χ3v) is 2.66. The molecule has 94 valence electrons. The zero-order valence-corrected chi connectivity index (χ0v) is 10.4. The minimum Gasteiger partial charge on any atom is -0.373 e. The predicted molar refractivity (Wildman–Crippen MR) is 70.6 cm³/mol. The van der Waals surface area contributed by atoms with E-state index in [0.29, 0.717) is 11.5 Å². The molecule has 0 fully saturated rings. The van der Waals surface area contributed by atoms with Crippen LogP contribution in [0.1, 0.15) is 12.5 Å². The Balaban J connectivity index is 2.37. The van der Waals surface area contributed by atoms with Crippen LogP contribution in [-0.4, -0.2) is 17.0 Å². The van der Waals surface area contributed by atoms with Crippen molar-refractivity contribution in [3.63, 3.8) is 0 Å². The summed E-state index contributed by atoms with van der Waals surface area (Å²) in [6.45, 7) is 2.01. The van der Waals surface area contributed by atoms with E-state index >= 15 is 0 Å². The number of benzene rings is 1. The first-order valence-corrected chi connectivity index (χ1v) is 5.79. The van der Waals surface area contributed by atoms with Crippen LogP contribution in [0.25, 0.3) is 0 Å². The van der Waals surface area contributed by atoms with E-state index in [1.807, 2.05) is 6.92 Å². The molecule has 0 aliphatic carbocycles. The Morgan fingerprint density at radius 1 is 1.17 bits per heavy atom. The second-order valence-corrected chi connectivity index (χ2v) is 3.76. The number of anilines is 3. The summed E-state index contributed by atoms with van der Waals surface area (Å²) in [4.78, 5) is 8.30. The number of hydrogen-bond acceptors (Lipinski definition) is 4. The zero-order chi connectivity index (χ0) is 13.0. The van der Waals surface area contributed by atoms with Gasteiger partial charge in [-0.15, -0.1) is 0 Å². The summed E-state index contributed by atoms with van der Waals surface area (Å²) in [5.41, 5.74) is 1.34. The highest BCUT2D eigenvalue weighted by atomic mass is 19.1. The maximum absolute atomic E-state index is 13.6. The minimum atomic E-state index is -0.302. The lowest BCUT2D eigenvalue weighted by Gasteiger charge is -2.13. The normalized spacial score (nSPS) is 10.2. The molecule has 1 aromatic carbocycles. The molecule has 18 heavy (non-hydrogen) atoms. The van der Waals surface area contributed by atoms with E-state index in [2.05, 4.69) is 20.6 Å². The molecule has 2 N–H and O–H groups in total. The van der Waals surface area contributed by atoms with Gasteiger partial charge in [0.2, 0.25) is 0 Å². The molecule has 0 saturated heterocycles. The second kappa shape index (κ2) is 5.44. The second-order valence-electron chi connectivity index (χ2n) is 3.76. The first-order valence-electron chi connectivity index (χ1n) is 5.79. The SMILES string of the molecule is CCc1c(NC)ncnc1Nc1ccccc1F. The van der Waals surface area contributed by atoms with Crippen molar-refractivity contribution in [2.45, 2.75) is 13.3 Å². The molecule has 2 aromatic rings. The van der Waals surface area contributed by atoms with Gasteiger partial charge < -0.3 is 10.6 Å². The van der Waals surface area contributed by atoms with Gasteiger partial charge in [0.1, 0.15) is 23.8 Å². The molecule has 1 heterocycles. The number of hydrogen-bond donors (Lipinski definition) is 2. The Kier molecular flexibility index (Phi) is 3.72. The highest BCUT2D eigenvalue weighted by Crippen LogP contribution is 2.24. The topological polar surface area (TPSA) is 49.8 Å². The highest BCUT2D eigenvalue weighted by Gasteiger charge is 2.10. The van der Waals surface area contributed by atoms with Crippen molar-refractivity contribution in [3.8, 4) is 0 Å². The van der Waals surface area contributed by atoms with Gasteiger partial charge in [-0.3, -0.25) is 0 Å². The van der Waals surface area contributed by atoms with Gasteiger partial charge in [-0.1, -0.05) is 19.1 Å². The van der Waals surface area contributed by atoms with E-state index in [9.17, 15) is 4.39 Å². The molecule has 4 nitrogen and oxygen atoms in total. The Morgan fingerprint density at radius 2 is 1.89 bits per heavy atom. The fourth-order valence-electron chi connectivity index (χ4n) is 1.76. The number of nitrogens with one attached hydrogen (secondary N) is 2. The van der Waals surface area contributed by atoms with Crippen molar-refractivity contribution in [1.82, 2.24) is 9.97 Å². The molecule has 5 heteroatoms. The van der Waals surface area contributed by atoms with Crippen LogP contribution in [0.3, 0.4) is 0 Å². The Bertz CT molecular complexity index is 542. The number of aromatic nitrogens is 2. The molecular weight excluding hydrogens is 231 g/mol. The zero-order valence-electron chi connectivity index (χ0n) is 10.4. The van der Waals surface area contributed by atoms with Crippen molar-refractivity contribution in [2.24, 2.45) is 0 Å². The molecule has 0 radical (unpaired) electrons. The third kappa shape index (κ3) is 2.40. The number of para-hydroxylation sites is 1. The molecule has 0 saturated carbocycles. The van der Waals surface area contributed by atoms with Gasteiger partial charge in [0.05, 0.1) is 5.69 Å². The van der Waals surface area contributed by atoms with E-state index in [-0.39, 0.29) is 5.82 Å². The quantitative estimate of drug-likeness (QED) is 0.870. The Labute approximate surface area is 105 Å². The maximum Gasteiger partial charge on any atom is 0.146 e. The fourth-order valence-corrected chi connectivity index (χ4v) is 1.76. The van der Waals surface area contributed by atoms with E-state index < -0.39 is 0 Å². The molecule has 0 spiro atoms. The monoisotopic (exact) mass is 246 g/mol. The predicted octanol–water partition coefficient (Wildman–Crippen LogP) is 2.96. The first-order chi connectivity index (χ1) is 8.76. The molecule has 0 atom stereocenters. The van der Waals surface area contributed by atoms with Gasteiger partial charge in [0.15, 0.2) is 0 Å². The standard InChI is InChI=1S/C13H15FN4/c1-3-9-12(15-2)16-8-17-13(9)18-11-7-5-4-6-10(11)14/h4-8H,3H2,1-2H3,(H2,15,16,17,18). The average Bonchev–Trinajstić information content (AvgIpc) is 2.41. The van der Waals surface area contributed by atoms with Crippen molar-refractivity contribution in [1.29, 1.82) is 0 Å². The summed E-state index contributed by atoms with van der Waals surface area (Å²) in [6, 6.07) is 6.52. The summed E-state index contributed by atoms with van der Waals surface area (Å²) in [6.07, 6.45) is 2.21. The number of nitrogens with zero attached hydrogens (tertiary/aromatic N) is 2. The summed E-state index contributed by atoms with van der Waals surface area (Å²) >= 11 is 0. The molecule has 0 aliphatic heterocycles. The lowest BCUT2D eigenvalue weighted by molar-refractivity contribution is 0.631. The number of rotatable bonds is 4. The maximum atomic E-state index is 13.6. The van der Waals surface area contributed by atoms with E-state index in [1.165, 1.54) is 12.4 Å².